The number of aromatic nitrogens is 6. The molecule has 0 unspecified atom stereocenters. The summed E-state index contributed by atoms with van der Waals surface area (Å²) in [4.78, 5) is 12.5. The zero-order chi connectivity index (χ0) is 19.5. The minimum absolute atomic E-state index is 0.0415. The summed E-state index contributed by atoms with van der Waals surface area (Å²) in [6.07, 6.45) is 4.33. The van der Waals surface area contributed by atoms with Gasteiger partial charge < -0.3 is 9.88 Å². The van der Waals surface area contributed by atoms with Crippen LogP contribution in [0.1, 0.15) is 54.0 Å². The van der Waals surface area contributed by atoms with Crippen molar-refractivity contribution in [3.63, 3.8) is 0 Å². The zero-order valence-electron chi connectivity index (χ0n) is 15.1. The SMILES string of the molecule is Cc1nn([C@H]2CCn3ccnc32)cc1Nc1ncc(C(F)(F)F)c(C2CC2)n1. The van der Waals surface area contributed by atoms with Crippen LogP contribution in [0.4, 0.5) is 24.8 Å². The maximum Gasteiger partial charge on any atom is 0.419 e. The third-order valence-corrected chi connectivity index (χ3v) is 5.26. The Morgan fingerprint density at radius 1 is 1.18 bits per heavy atom. The van der Waals surface area contributed by atoms with E-state index in [-0.39, 0.29) is 23.6 Å². The minimum atomic E-state index is -4.44. The molecule has 0 spiro atoms. The van der Waals surface area contributed by atoms with Crippen molar-refractivity contribution in [2.75, 3.05) is 5.32 Å². The predicted molar refractivity (Wildman–Crippen MR) is 94.2 cm³/mol. The number of nitrogens with zero attached hydrogens (tertiary/aromatic N) is 6. The van der Waals surface area contributed by atoms with E-state index in [0.29, 0.717) is 5.69 Å². The smallest absolute Gasteiger partial charge is 0.333 e. The first-order valence-electron chi connectivity index (χ1n) is 9.18. The number of halogens is 3. The Balaban J connectivity index is 1.43. The molecule has 1 aliphatic carbocycles. The lowest BCUT2D eigenvalue weighted by molar-refractivity contribution is -0.138. The summed E-state index contributed by atoms with van der Waals surface area (Å²) in [5, 5.41) is 7.59. The molecule has 0 saturated heterocycles. The van der Waals surface area contributed by atoms with Crippen LogP contribution in [0.15, 0.2) is 24.8 Å². The predicted octanol–water partition coefficient (Wildman–Crippen LogP) is 3.81. The lowest BCUT2D eigenvalue weighted by Gasteiger charge is -2.12. The molecule has 2 aliphatic rings. The van der Waals surface area contributed by atoms with Crippen molar-refractivity contribution < 1.29 is 13.2 Å². The van der Waals surface area contributed by atoms with Gasteiger partial charge in [-0.1, -0.05) is 0 Å². The Morgan fingerprint density at radius 2 is 2.00 bits per heavy atom. The van der Waals surface area contributed by atoms with Gasteiger partial charge in [0.15, 0.2) is 0 Å². The lowest BCUT2D eigenvalue weighted by atomic mass is 10.1. The Labute approximate surface area is 158 Å². The molecule has 0 aromatic carbocycles. The monoisotopic (exact) mass is 389 g/mol. The normalized spacial score (nSPS) is 19.1. The quantitative estimate of drug-likeness (QED) is 0.735. The number of rotatable bonds is 4. The van der Waals surface area contributed by atoms with Gasteiger partial charge in [-0.05, 0) is 26.2 Å². The van der Waals surface area contributed by atoms with E-state index in [1.54, 1.807) is 6.20 Å². The standard InChI is InChI=1S/C18H18F3N7/c1-10-13(9-28(26-10)14-4-6-27-7-5-22-16(14)27)24-17-23-8-12(18(19,20)21)15(25-17)11-2-3-11/h5,7-9,11,14H,2-4,6H2,1H3,(H,23,24,25)/t14-/m0/s1. The number of fused-ring (bicyclic) bond motifs is 1. The second kappa shape index (κ2) is 6.05. The summed E-state index contributed by atoms with van der Waals surface area (Å²) < 4.78 is 43.6. The molecule has 3 aromatic heterocycles. The van der Waals surface area contributed by atoms with Crippen molar-refractivity contribution in [1.82, 2.24) is 29.3 Å². The molecule has 0 amide bonds. The lowest BCUT2D eigenvalue weighted by Crippen LogP contribution is -2.12. The second-order valence-corrected chi connectivity index (χ2v) is 7.28. The molecule has 28 heavy (non-hydrogen) atoms. The van der Waals surface area contributed by atoms with E-state index >= 15 is 0 Å². The largest absolute Gasteiger partial charge is 0.419 e. The first-order chi connectivity index (χ1) is 13.4. The molecule has 1 fully saturated rings. The third-order valence-electron chi connectivity index (χ3n) is 5.26. The first kappa shape index (κ1) is 17.2. The molecule has 4 heterocycles. The summed E-state index contributed by atoms with van der Waals surface area (Å²) in [5.74, 6) is 0.975. The Morgan fingerprint density at radius 3 is 2.75 bits per heavy atom. The van der Waals surface area contributed by atoms with Crippen molar-refractivity contribution in [1.29, 1.82) is 0 Å². The molecule has 3 aromatic rings. The highest BCUT2D eigenvalue weighted by Gasteiger charge is 2.40. The molecule has 7 nitrogen and oxygen atoms in total. The zero-order valence-corrected chi connectivity index (χ0v) is 15.1. The molecule has 1 atom stereocenters. The van der Waals surface area contributed by atoms with Gasteiger partial charge in [0.1, 0.15) is 11.9 Å². The first-order valence-corrected chi connectivity index (χ1v) is 9.18. The molecular formula is C18H18F3N7. The van der Waals surface area contributed by atoms with Crippen molar-refractivity contribution in [3.05, 3.63) is 47.6 Å². The van der Waals surface area contributed by atoms with Crippen molar-refractivity contribution in [2.45, 2.75) is 50.9 Å². The van der Waals surface area contributed by atoms with E-state index in [1.807, 2.05) is 24.0 Å². The molecule has 0 radical (unpaired) electrons. The van der Waals surface area contributed by atoms with Gasteiger partial charge in [0, 0.05) is 37.3 Å². The maximum absolute atomic E-state index is 13.2. The summed E-state index contributed by atoms with van der Waals surface area (Å²) in [6, 6.07) is 0.0415. The number of hydrogen-bond acceptors (Lipinski definition) is 5. The van der Waals surface area contributed by atoms with Gasteiger partial charge in [-0.15, -0.1) is 0 Å². The average Bonchev–Trinajstić information content (AvgIpc) is 3.08. The van der Waals surface area contributed by atoms with Crippen LogP contribution < -0.4 is 5.32 Å². The van der Waals surface area contributed by atoms with E-state index in [1.165, 1.54) is 0 Å². The number of alkyl halides is 3. The summed E-state index contributed by atoms with van der Waals surface area (Å²) in [6.45, 7) is 2.72. The van der Waals surface area contributed by atoms with Gasteiger partial charge >= 0.3 is 6.18 Å². The van der Waals surface area contributed by atoms with Crippen LogP contribution in [0.2, 0.25) is 0 Å². The van der Waals surface area contributed by atoms with Crippen LogP contribution in [0, 0.1) is 6.92 Å². The van der Waals surface area contributed by atoms with Gasteiger partial charge in [-0.2, -0.15) is 18.3 Å². The van der Waals surface area contributed by atoms with E-state index < -0.39 is 11.7 Å². The summed E-state index contributed by atoms with van der Waals surface area (Å²) in [5.41, 5.74) is 0.728. The third kappa shape index (κ3) is 2.92. The number of aryl methyl sites for hydroxylation is 2. The fourth-order valence-electron chi connectivity index (χ4n) is 3.67. The maximum atomic E-state index is 13.2. The molecule has 1 aliphatic heterocycles. The molecule has 5 rings (SSSR count). The highest BCUT2D eigenvalue weighted by molar-refractivity contribution is 5.55. The van der Waals surface area contributed by atoms with Crippen molar-refractivity contribution in [2.24, 2.45) is 0 Å². The molecule has 10 heteroatoms. The summed E-state index contributed by atoms with van der Waals surface area (Å²) in [7, 11) is 0. The van der Waals surface area contributed by atoms with Crippen LogP contribution in [0.3, 0.4) is 0 Å². The summed E-state index contributed by atoms with van der Waals surface area (Å²) >= 11 is 0. The van der Waals surface area contributed by atoms with E-state index in [4.69, 9.17) is 0 Å². The van der Waals surface area contributed by atoms with Gasteiger partial charge in [0.25, 0.3) is 0 Å². The number of hydrogen-bond donors (Lipinski definition) is 1. The van der Waals surface area contributed by atoms with Gasteiger partial charge in [0.05, 0.1) is 22.6 Å². The van der Waals surface area contributed by atoms with Crippen LogP contribution in [0.25, 0.3) is 0 Å². The van der Waals surface area contributed by atoms with Crippen LogP contribution in [-0.4, -0.2) is 29.3 Å². The van der Waals surface area contributed by atoms with E-state index in [0.717, 1.165) is 43.5 Å². The van der Waals surface area contributed by atoms with Gasteiger partial charge in [-0.3, -0.25) is 4.68 Å². The highest BCUT2D eigenvalue weighted by atomic mass is 19.4. The second-order valence-electron chi connectivity index (χ2n) is 7.28. The average molecular weight is 389 g/mol. The number of anilines is 2. The van der Waals surface area contributed by atoms with Crippen LogP contribution in [-0.2, 0) is 12.7 Å². The van der Waals surface area contributed by atoms with E-state index in [9.17, 15) is 13.2 Å². The number of imidazole rings is 1. The Hall–Kier alpha value is -2.91. The van der Waals surface area contributed by atoms with Crippen LogP contribution >= 0.6 is 0 Å². The van der Waals surface area contributed by atoms with Crippen molar-refractivity contribution in [3.8, 4) is 0 Å². The van der Waals surface area contributed by atoms with Gasteiger partial charge in [0.2, 0.25) is 5.95 Å². The van der Waals surface area contributed by atoms with Crippen LogP contribution in [0.5, 0.6) is 0 Å². The topological polar surface area (TPSA) is 73.5 Å². The van der Waals surface area contributed by atoms with Gasteiger partial charge in [-0.25, -0.2) is 15.0 Å². The minimum Gasteiger partial charge on any atom is -0.333 e. The highest BCUT2D eigenvalue weighted by Crippen LogP contribution is 2.45. The molecular weight excluding hydrogens is 371 g/mol. The fraction of sp³-hybridized carbons (Fsp3) is 0.444. The molecule has 146 valence electrons. The fourth-order valence-corrected chi connectivity index (χ4v) is 3.67. The van der Waals surface area contributed by atoms with E-state index in [2.05, 4.69) is 29.9 Å². The Bertz CT molecular complexity index is 1030. The molecule has 0 bridgehead atoms. The molecule has 1 N–H and O–H groups in total. The molecule has 1 saturated carbocycles. The Kier molecular flexibility index (Phi) is 3.72. The van der Waals surface area contributed by atoms with Crippen molar-refractivity contribution >= 4 is 11.6 Å². The number of nitrogens with one attached hydrogen (secondary N) is 1.